The topological polar surface area (TPSA) is 29.3 Å². The highest BCUT2D eigenvalue weighted by Gasteiger charge is 2.15. The fourth-order valence-corrected chi connectivity index (χ4v) is 1.86. The monoisotopic (exact) mass is 308 g/mol. The zero-order valence-corrected chi connectivity index (χ0v) is 11.6. The van der Waals surface area contributed by atoms with E-state index in [1.54, 1.807) is 12.1 Å². The van der Waals surface area contributed by atoms with Crippen LogP contribution < -0.4 is 5.73 Å². The molecule has 0 heterocycles. The SMILES string of the molecule is CN(C)CCC(N)c1ccc(Br)c(Cl)c1F. The number of hydrogen-bond acceptors (Lipinski definition) is 2. The molecule has 1 atom stereocenters. The van der Waals surface area contributed by atoms with E-state index in [0.717, 1.165) is 6.54 Å². The summed E-state index contributed by atoms with van der Waals surface area (Å²) in [6.45, 7) is 0.814. The summed E-state index contributed by atoms with van der Waals surface area (Å²) in [4.78, 5) is 2.01. The summed E-state index contributed by atoms with van der Waals surface area (Å²) in [5, 5.41) is 0.0952. The first-order valence-electron chi connectivity index (χ1n) is 4.97. The van der Waals surface area contributed by atoms with Gasteiger partial charge in [0, 0.05) is 16.1 Å². The summed E-state index contributed by atoms with van der Waals surface area (Å²) in [6.07, 6.45) is 0.696. The number of hydrogen-bond donors (Lipinski definition) is 1. The second kappa shape index (κ2) is 5.96. The summed E-state index contributed by atoms with van der Waals surface area (Å²) in [6, 6.07) is 3.06. The predicted molar refractivity (Wildman–Crippen MR) is 69.2 cm³/mol. The zero-order valence-electron chi connectivity index (χ0n) is 9.30. The molecular weight excluding hydrogens is 294 g/mol. The van der Waals surface area contributed by atoms with Gasteiger partial charge in [0.05, 0.1) is 5.02 Å². The molecule has 1 aromatic rings. The van der Waals surface area contributed by atoms with Crippen LogP contribution in [0.1, 0.15) is 18.0 Å². The lowest BCUT2D eigenvalue weighted by molar-refractivity contribution is 0.380. The molecular formula is C11H15BrClFN2. The van der Waals surface area contributed by atoms with Crippen molar-refractivity contribution in [3.8, 4) is 0 Å². The molecule has 2 nitrogen and oxygen atoms in total. The molecule has 0 amide bonds. The molecule has 5 heteroatoms. The van der Waals surface area contributed by atoms with E-state index in [-0.39, 0.29) is 11.1 Å². The van der Waals surface area contributed by atoms with Crippen LogP contribution in [0, 0.1) is 5.82 Å². The van der Waals surface area contributed by atoms with Crippen molar-refractivity contribution >= 4 is 27.5 Å². The van der Waals surface area contributed by atoms with Gasteiger partial charge in [0.25, 0.3) is 0 Å². The Balaban J connectivity index is 2.84. The summed E-state index contributed by atoms with van der Waals surface area (Å²) in [7, 11) is 3.91. The Morgan fingerprint density at radius 2 is 2.12 bits per heavy atom. The molecule has 0 saturated carbocycles. The molecule has 0 aliphatic heterocycles. The van der Waals surface area contributed by atoms with Crippen molar-refractivity contribution < 1.29 is 4.39 Å². The molecule has 0 radical (unpaired) electrons. The molecule has 90 valence electrons. The van der Waals surface area contributed by atoms with Crippen LogP contribution in [0.15, 0.2) is 16.6 Å². The molecule has 1 unspecified atom stereocenters. The standard InChI is InChI=1S/C11H15BrClFN2/c1-16(2)6-5-9(15)7-3-4-8(12)10(13)11(7)14/h3-4,9H,5-6,15H2,1-2H3. The first kappa shape index (κ1) is 13.9. The molecule has 0 saturated heterocycles. The molecule has 2 N–H and O–H groups in total. The first-order valence-corrected chi connectivity index (χ1v) is 6.14. The smallest absolute Gasteiger partial charge is 0.147 e. The van der Waals surface area contributed by atoms with Gasteiger partial charge in [-0.05, 0) is 49.1 Å². The molecule has 0 spiro atoms. The van der Waals surface area contributed by atoms with Gasteiger partial charge in [-0.15, -0.1) is 0 Å². The Bertz CT molecular complexity index is 371. The van der Waals surface area contributed by atoms with Gasteiger partial charge in [0.15, 0.2) is 0 Å². The van der Waals surface area contributed by atoms with Gasteiger partial charge in [-0.2, -0.15) is 0 Å². The summed E-state index contributed by atoms with van der Waals surface area (Å²) >= 11 is 8.97. The summed E-state index contributed by atoms with van der Waals surface area (Å²) < 4.78 is 14.3. The Morgan fingerprint density at radius 3 is 2.69 bits per heavy atom. The minimum absolute atomic E-state index is 0.0952. The van der Waals surface area contributed by atoms with Gasteiger partial charge in [-0.3, -0.25) is 0 Å². The molecule has 1 rings (SSSR count). The highest BCUT2D eigenvalue weighted by atomic mass is 79.9. The summed E-state index contributed by atoms with van der Waals surface area (Å²) in [5.41, 5.74) is 6.39. The normalized spacial score (nSPS) is 13.2. The average Bonchev–Trinajstić information content (AvgIpc) is 2.23. The largest absolute Gasteiger partial charge is 0.324 e. The minimum atomic E-state index is -0.428. The molecule has 0 aromatic heterocycles. The molecule has 0 aliphatic carbocycles. The third-order valence-electron chi connectivity index (χ3n) is 2.35. The van der Waals surface area contributed by atoms with Crippen LogP contribution >= 0.6 is 27.5 Å². The van der Waals surface area contributed by atoms with Crippen LogP contribution in [0.5, 0.6) is 0 Å². The van der Waals surface area contributed by atoms with Crippen molar-refractivity contribution in [2.75, 3.05) is 20.6 Å². The third kappa shape index (κ3) is 3.42. The van der Waals surface area contributed by atoms with Gasteiger partial charge in [-0.1, -0.05) is 17.7 Å². The lowest BCUT2D eigenvalue weighted by atomic mass is 10.0. The maximum atomic E-state index is 13.8. The molecule has 16 heavy (non-hydrogen) atoms. The van der Waals surface area contributed by atoms with E-state index >= 15 is 0 Å². The third-order valence-corrected chi connectivity index (χ3v) is 3.61. The van der Waals surface area contributed by atoms with Crippen LogP contribution in [0.2, 0.25) is 5.02 Å². The number of nitrogens with zero attached hydrogens (tertiary/aromatic N) is 1. The van der Waals surface area contributed by atoms with Gasteiger partial charge in [0.1, 0.15) is 5.82 Å². The van der Waals surface area contributed by atoms with Crippen LogP contribution in [0.3, 0.4) is 0 Å². The first-order chi connectivity index (χ1) is 7.43. The van der Waals surface area contributed by atoms with Crippen LogP contribution in [0.25, 0.3) is 0 Å². The fourth-order valence-electron chi connectivity index (χ4n) is 1.38. The van der Waals surface area contributed by atoms with Crippen LogP contribution in [-0.4, -0.2) is 25.5 Å². The van der Waals surface area contributed by atoms with E-state index in [4.69, 9.17) is 17.3 Å². The van der Waals surface area contributed by atoms with Gasteiger partial charge in [0.2, 0.25) is 0 Å². The highest BCUT2D eigenvalue weighted by molar-refractivity contribution is 9.10. The van der Waals surface area contributed by atoms with Gasteiger partial charge < -0.3 is 10.6 Å². The Morgan fingerprint density at radius 1 is 1.50 bits per heavy atom. The minimum Gasteiger partial charge on any atom is -0.324 e. The van der Waals surface area contributed by atoms with Gasteiger partial charge in [-0.25, -0.2) is 4.39 Å². The van der Waals surface area contributed by atoms with E-state index in [2.05, 4.69) is 15.9 Å². The van der Waals surface area contributed by atoms with E-state index in [1.165, 1.54) is 0 Å². The van der Waals surface area contributed by atoms with Crippen molar-refractivity contribution in [2.24, 2.45) is 5.73 Å². The van der Waals surface area contributed by atoms with Gasteiger partial charge >= 0.3 is 0 Å². The van der Waals surface area contributed by atoms with Crippen LogP contribution in [-0.2, 0) is 0 Å². The van der Waals surface area contributed by atoms with E-state index in [1.807, 2.05) is 19.0 Å². The Kier molecular flexibility index (Phi) is 5.18. The average molecular weight is 310 g/mol. The second-order valence-electron chi connectivity index (χ2n) is 3.96. The quantitative estimate of drug-likeness (QED) is 0.866. The number of nitrogens with two attached hydrogens (primary N) is 1. The lowest BCUT2D eigenvalue weighted by Crippen LogP contribution is -2.21. The fraction of sp³-hybridized carbons (Fsp3) is 0.455. The van der Waals surface area contributed by atoms with E-state index in [9.17, 15) is 4.39 Å². The highest BCUT2D eigenvalue weighted by Crippen LogP contribution is 2.30. The van der Waals surface area contributed by atoms with Crippen LogP contribution in [0.4, 0.5) is 4.39 Å². The maximum Gasteiger partial charge on any atom is 0.147 e. The number of benzene rings is 1. The lowest BCUT2D eigenvalue weighted by Gasteiger charge is -2.16. The molecule has 0 fully saturated rings. The second-order valence-corrected chi connectivity index (χ2v) is 5.20. The Labute approximate surface area is 109 Å². The van der Waals surface area contributed by atoms with E-state index in [0.29, 0.717) is 16.5 Å². The van der Waals surface area contributed by atoms with E-state index < -0.39 is 5.82 Å². The van der Waals surface area contributed by atoms with Crippen molar-refractivity contribution in [3.05, 3.63) is 33.0 Å². The van der Waals surface area contributed by atoms with Crippen molar-refractivity contribution in [2.45, 2.75) is 12.5 Å². The summed E-state index contributed by atoms with van der Waals surface area (Å²) in [5.74, 6) is -0.428. The number of rotatable bonds is 4. The molecule has 0 aliphatic rings. The zero-order chi connectivity index (χ0) is 12.3. The predicted octanol–water partition coefficient (Wildman–Crippen LogP) is 3.19. The molecule has 1 aromatic carbocycles. The number of halogens is 3. The molecule has 0 bridgehead atoms. The Hall–Kier alpha value is -0.160. The van der Waals surface area contributed by atoms with Crippen molar-refractivity contribution in [1.29, 1.82) is 0 Å². The maximum absolute atomic E-state index is 13.8. The van der Waals surface area contributed by atoms with Crippen molar-refractivity contribution in [3.63, 3.8) is 0 Å². The van der Waals surface area contributed by atoms with Crippen molar-refractivity contribution in [1.82, 2.24) is 4.90 Å².